The van der Waals surface area contributed by atoms with Crippen LogP contribution in [-0.2, 0) is 16.1 Å². The first-order valence-electron chi connectivity index (χ1n) is 7.59. The van der Waals surface area contributed by atoms with Crippen molar-refractivity contribution in [3.63, 3.8) is 0 Å². The van der Waals surface area contributed by atoms with Crippen LogP contribution in [-0.4, -0.2) is 49.9 Å². The van der Waals surface area contributed by atoms with E-state index in [9.17, 15) is 9.59 Å². The number of carbonyl (C=O) groups is 2. The second-order valence-corrected chi connectivity index (χ2v) is 5.80. The molecule has 0 spiro atoms. The zero-order valence-corrected chi connectivity index (χ0v) is 13.2. The molecule has 0 aliphatic carbocycles. The number of rotatable bonds is 7. The molecule has 1 heterocycles. The van der Waals surface area contributed by atoms with Crippen LogP contribution < -0.4 is 16.0 Å². The number of hydrogen-bond donors (Lipinski definition) is 3. The molecule has 0 radical (unpaired) electrons. The highest BCUT2D eigenvalue weighted by Gasteiger charge is 2.26. The van der Waals surface area contributed by atoms with Gasteiger partial charge in [-0.15, -0.1) is 0 Å². The van der Waals surface area contributed by atoms with Crippen LogP contribution in [0.5, 0.6) is 0 Å². The number of amides is 2. The van der Waals surface area contributed by atoms with Crippen LogP contribution >= 0.6 is 0 Å². The number of benzene rings is 1. The number of carbonyl (C=O) groups excluding carboxylic acids is 2. The molecule has 0 aromatic heterocycles. The topological polar surface area (TPSA) is 73.5 Å². The predicted octanol–water partition coefficient (Wildman–Crippen LogP) is 0.555. The van der Waals surface area contributed by atoms with Crippen molar-refractivity contribution in [2.75, 3.05) is 32.5 Å². The molecule has 1 aliphatic heterocycles. The van der Waals surface area contributed by atoms with Crippen molar-refractivity contribution in [3.8, 4) is 0 Å². The van der Waals surface area contributed by atoms with Crippen LogP contribution in [0.1, 0.15) is 18.4 Å². The van der Waals surface area contributed by atoms with E-state index in [1.54, 1.807) is 0 Å². The zero-order chi connectivity index (χ0) is 15.9. The first kappa shape index (κ1) is 16.3. The summed E-state index contributed by atoms with van der Waals surface area (Å²) in [5, 5.41) is 8.87. The molecular formula is C16H24N4O2. The zero-order valence-electron chi connectivity index (χ0n) is 13.2. The van der Waals surface area contributed by atoms with Gasteiger partial charge in [0.05, 0.1) is 0 Å². The van der Waals surface area contributed by atoms with Gasteiger partial charge in [-0.05, 0) is 38.2 Å². The number of anilines is 1. The molecule has 0 bridgehead atoms. The van der Waals surface area contributed by atoms with E-state index in [2.05, 4.69) is 20.9 Å². The normalized spacial score (nSPS) is 17.4. The molecule has 120 valence electrons. The maximum Gasteiger partial charge on any atom is 0.242 e. The molecule has 1 aromatic carbocycles. The highest BCUT2D eigenvalue weighted by atomic mass is 16.2. The fraction of sp³-hybridized carbons (Fsp3) is 0.500. The van der Waals surface area contributed by atoms with Crippen LogP contribution in [0.25, 0.3) is 0 Å². The van der Waals surface area contributed by atoms with Crippen molar-refractivity contribution in [1.82, 2.24) is 15.5 Å². The summed E-state index contributed by atoms with van der Waals surface area (Å²) in [6.45, 7) is 2.35. The minimum Gasteiger partial charge on any atom is -0.384 e. The van der Waals surface area contributed by atoms with Crippen LogP contribution in [0.2, 0.25) is 0 Å². The summed E-state index contributed by atoms with van der Waals surface area (Å²) in [5.74, 6) is -0.160. The minimum absolute atomic E-state index is 0.0479. The average molecular weight is 304 g/mol. The molecule has 1 aliphatic rings. The third-order valence-corrected chi connectivity index (χ3v) is 3.62. The Morgan fingerprint density at radius 2 is 2.05 bits per heavy atom. The van der Waals surface area contributed by atoms with Crippen LogP contribution in [0, 0.1) is 0 Å². The van der Waals surface area contributed by atoms with Gasteiger partial charge in [0, 0.05) is 31.7 Å². The van der Waals surface area contributed by atoms with Gasteiger partial charge in [-0.1, -0.05) is 12.1 Å². The molecule has 1 atom stereocenters. The van der Waals surface area contributed by atoms with Crippen LogP contribution in [0.4, 0.5) is 5.69 Å². The van der Waals surface area contributed by atoms with E-state index in [4.69, 9.17) is 0 Å². The second kappa shape index (κ2) is 7.79. The van der Waals surface area contributed by atoms with Gasteiger partial charge in [-0.3, -0.25) is 9.59 Å². The minimum atomic E-state index is -0.375. The molecule has 6 nitrogen and oxygen atoms in total. The Kier molecular flexibility index (Phi) is 5.77. The van der Waals surface area contributed by atoms with E-state index in [1.807, 2.05) is 38.4 Å². The first-order valence-corrected chi connectivity index (χ1v) is 7.59. The highest BCUT2D eigenvalue weighted by Crippen LogP contribution is 2.10. The van der Waals surface area contributed by atoms with Crippen molar-refractivity contribution >= 4 is 17.5 Å². The number of likely N-dealkylation sites (N-methyl/N-ethyl adjacent to an activating group) is 1. The Balaban J connectivity index is 1.74. The molecule has 2 amide bonds. The fourth-order valence-electron chi connectivity index (χ4n) is 2.29. The van der Waals surface area contributed by atoms with Crippen LogP contribution in [0.3, 0.4) is 0 Å². The van der Waals surface area contributed by atoms with Gasteiger partial charge in [0.2, 0.25) is 11.8 Å². The largest absolute Gasteiger partial charge is 0.384 e. The SMILES string of the molecule is CN(C)CCNc1ccc(CNC(=O)[C@H]2CCC(=O)N2)cc1. The van der Waals surface area contributed by atoms with Crippen LogP contribution in [0.15, 0.2) is 24.3 Å². The molecule has 2 rings (SSSR count). The van der Waals surface area contributed by atoms with Gasteiger partial charge < -0.3 is 20.9 Å². The fourth-order valence-corrected chi connectivity index (χ4v) is 2.29. The highest BCUT2D eigenvalue weighted by molar-refractivity contribution is 5.90. The number of hydrogen-bond acceptors (Lipinski definition) is 4. The molecule has 6 heteroatoms. The molecule has 1 aromatic rings. The summed E-state index contributed by atoms with van der Waals surface area (Å²) < 4.78 is 0. The van der Waals surface area contributed by atoms with Gasteiger partial charge in [-0.25, -0.2) is 0 Å². The lowest BCUT2D eigenvalue weighted by atomic mass is 10.2. The van der Waals surface area contributed by atoms with E-state index >= 15 is 0 Å². The molecular weight excluding hydrogens is 280 g/mol. The molecule has 0 saturated carbocycles. The lowest BCUT2D eigenvalue weighted by Crippen LogP contribution is -2.41. The van der Waals surface area contributed by atoms with E-state index in [1.165, 1.54) is 0 Å². The monoisotopic (exact) mass is 304 g/mol. The number of nitrogens with one attached hydrogen (secondary N) is 3. The van der Waals surface area contributed by atoms with Gasteiger partial charge in [0.1, 0.15) is 6.04 Å². The van der Waals surface area contributed by atoms with Crippen molar-refractivity contribution in [3.05, 3.63) is 29.8 Å². The van der Waals surface area contributed by atoms with E-state index in [0.717, 1.165) is 24.3 Å². The van der Waals surface area contributed by atoms with Gasteiger partial charge in [0.25, 0.3) is 0 Å². The van der Waals surface area contributed by atoms with Crippen molar-refractivity contribution in [1.29, 1.82) is 0 Å². The Hall–Kier alpha value is -2.08. The third kappa shape index (κ3) is 5.04. The van der Waals surface area contributed by atoms with Gasteiger partial charge in [-0.2, -0.15) is 0 Å². The Morgan fingerprint density at radius 1 is 1.32 bits per heavy atom. The molecule has 1 fully saturated rings. The van der Waals surface area contributed by atoms with Crippen molar-refractivity contribution < 1.29 is 9.59 Å². The maximum absolute atomic E-state index is 11.9. The summed E-state index contributed by atoms with van der Waals surface area (Å²) in [5.41, 5.74) is 2.11. The van der Waals surface area contributed by atoms with Crippen molar-refractivity contribution in [2.45, 2.75) is 25.4 Å². The Labute approximate surface area is 131 Å². The Morgan fingerprint density at radius 3 is 2.64 bits per heavy atom. The summed E-state index contributed by atoms with van der Waals surface area (Å²) in [4.78, 5) is 25.1. The molecule has 0 unspecified atom stereocenters. The van der Waals surface area contributed by atoms with E-state index in [0.29, 0.717) is 19.4 Å². The quantitative estimate of drug-likeness (QED) is 0.688. The molecule has 3 N–H and O–H groups in total. The lowest BCUT2D eigenvalue weighted by molar-refractivity contribution is -0.125. The summed E-state index contributed by atoms with van der Waals surface area (Å²) >= 11 is 0. The summed E-state index contributed by atoms with van der Waals surface area (Å²) in [7, 11) is 4.08. The van der Waals surface area contributed by atoms with Gasteiger partial charge in [0.15, 0.2) is 0 Å². The summed E-state index contributed by atoms with van der Waals surface area (Å²) in [6.07, 6.45) is 1.02. The molecule has 1 saturated heterocycles. The van der Waals surface area contributed by atoms with E-state index in [-0.39, 0.29) is 17.9 Å². The van der Waals surface area contributed by atoms with Gasteiger partial charge >= 0.3 is 0 Å². The standard InChI is InChI=1S/C16H24N4O2/c1-20(2)10-9-17-13-5-3-12(4-6-13)11-18-16(22)14-7-8-15(21)19-14/h3-6,14,17H,7-11H2,1-2H3,(H,18,22)(H,19,21)/t14-/m1/s1. The lowest BCUT2D eigenvalue weighted by Gasteiger charge is -2.13. The number of nitrogens with zero attached hydrogens (tertiary/aromatic N) is 1. The Bertz CT molecular complexity index is 513. The average Bonchev–Trinajstić information content (AvgIpc) is 2.92. The van der Waals surface area contributed by atoms with Crippen molar-refractivity contribution in [2.24, 2.45) is 0 Å². The third-order valence-electron chi connectivity index (χ3n) is 3.62. The predicted molar refractivity (Wildman–Crippen MR) is 86.5 cm³/mol. The second-order valence-electron chi connectivity index (χ2n) is 5.80. The van der Waals surface area contributed by atoms with E-state index < -0.39 is 0 Å². The first-order chi connectivity index (χ1) is 10.5. The maximum atomic E-state index is 11.9. The smallest absolute Gasteiger partial charge is 0.242 e. The molecule has 22 heavy (non-hydrogen) atoms. The summed E-state index contributed by atoms with van der Waals surface area (Å²) in [6, 6.07) is 7.62.